The molecule has 0 unspecified atom stereocenters. The third-order valence-corrected chi connectivity index (χ3v) is 6.15. The zero-order valence-electron chi connectivity index (χ0n) is 19.9. The molecule has 2 aliphatic heterocycles. The SMILES string of the molecule is CC(=O)N[C@@H](CO)[C@@H](O[C@@H]1O[C@H](CO)[C@H](O)[C@H](O)[C@H]1O)[C@H](O[C@@H]1O[C@@H](CO)[C@@H](O)[C@@H](O)[C@@H]1O)[C@H](O)CO. The van der Waals surface area contributed by atoms with Crippen LogP contribution in [0, 0.1) is 0 Å². The first-order valence-electron chi connectivity index (χ1n) is 11.5. The van der Waals surface area contributed by atoms with Gasteiger partial charge in [0.25, 0.3) is 0 Å². The number of carbonyl (C=O) groups is 1. The van der Waals surface area contributed by atoms with Crippen molar-refractivity contribution in [3.8, 4) is 0 Å². The monoisotopic (exact) mass is 547 g/mol. The third-order valence-electron chi connectivity index (χ3n) is 6.15. The molecule has 0 aromatic rings. The van der Waals surface area contributed by atoms with Crippen molar-refractivity contribution in [3.05, 3.63) is 0 Å². The number of amides is 1. The van der Waals surface area contributed by atoms with E-state index in [2.05, 4.69) is 5.32 Å². The van der Waals surface area contributed by atoms with Gasteiger partial charge in [-0.15, -0.1) is 0 Å². The second-order valence-electron chi connectivity index (χ2n) is 8.84. The zero-order valence-corrected chi connectivity index (χ0v) is 19.9. The Labute approximate surface area is 211 Å². The Bertz CT molecular complexity index is 699. The summed E-state index contributed by atoms with van der Waals surface area (Å²) in [7, 11) is 0. The predicted octanol–water partition coefficient (Wildman–Crippen LogP) is -7.79. The molecule has 2 saturated heterocycles. The van der Waals surface area contributed by atoms with Gasteiger partial charge >= 0.3 is 0 Å². The van der Waals surface area contributed by atoms with Crippen LogP contribution in [-0.4, -0.2) is 174 Å². The summed E-state index contributed by atoms with van der Waals surface area (Å²) in [5.74, 6) is -0.702. The van der Waals surface area contributed by atoms with Crippen LogP contribution in [0.3, 0.4) is 0 Å². The average molecular weight is 548 g/mol. The molecule has 17 nitrogen and oxygen atoms in total. The van der Waals surface area contributed by atoms with Gasteiger partial charge < -0.3 is 80.4 Å². The maximum absolute atomic E-state index is 11.8. The van der Waals surface area contributed by atoms with Crippen molar-refractivity contribution in [2.45, 2.75) is 92.7 Å². The van der Waals surface area contributed by atoms with Gasteiger partial charge in [0.1, 0.15) is 67.1 Å². The largest absolute Gasteiger partial charge is 0.394 e. The molecule has 0 aromatic carbocycles. The molecule has 0 bridgehead atoms. The van der Waals surface area contributed by atoms with Gasteiger partial charge in [0.05, 0.1) is 32.5 Å². The van der Waals surface area contributed by atoms with Crippen molar-refractivity contribution < 1.29 is 79.9 Å². The molecule has 0 aliphatic carbocycles. The molecule has 2 aliphatic rings. The number of hydrogen-bond donors (Lipinski definition) is 12. The van der Waals surface area contributed by atoms with Crippen molar-refractivity contribution in [3.63, 3.8) is 0 Å². The highest BCUT2D eigenvalue weighted by molar-refractivity contribution is 5.73. The first-order valence-corrected chi connectivity index (χ1v) is 11.5. The van der Waals surface area contributed by atoms with Crippen molar-refractivity contribution in [2.24, 2.45) is 0 Å². The van der Waals surface area contributed by atoms with Crippen molar-refractivity contribution in [2.75, 3.05) is 26.4 Å². The van der Waals surface area contributed by atoms with E-state index in [4.69, 9.17) is 18.9 Å². The highest BCUT2D eigenvalue weighted by Gasteiger charge is 2.50. The molecular weight excluding hydrogens is 510 g/mol. The fraction of sp³-hybridized carbons (Fsp3) is 0.950. The van der Waals surface area contributed by atoms with E-state index in [-0.39, 0.29) is 0 Å². The van der Waals surface area contributed by atoms with Gasteiger partial charge in [-0.2, -0.15) is 0 Å². The summed E-state index contributed by atoms with van der Waals surface area (Å²) in [5.41, 5.74) is 0. The summed E-state index contributed by atoms with van der Waals surface area (Å²) in [5, 5.41) is 112. The van der Waals surface area contributed by atoms with E-state index in [1.54, 1.807) is 0 Å². The second-order valence-corrected chi connectivity index (χ2v) is 8.84. The summed E-state index contributed by atoms with van der Waals surface area (Å²) < 4.78 is 21.8. The fourth-order valence-electron chi connectivity index (χ4n) is 4.05. The Morgan fingerprint density at radius 3 is 1.51 bits per heavy atom. The van der Waals surface area contributed by atoms with Crippen LogP contribution in [0.15, 0.2) is 0 Å². The number of hydrogen-bond acceptors (Lipinski definition) is 16. The quantitative estimate of drug-likeness (QED) is 0.108. The van der Waals surface area contributed by atoms with Gasteiger partial charge in [0.15, 0.2) is 12.6 Å². The van der Waals surface area contributed by atoms with Crippen LogP contribution in [-0.2, 0) is 23.7 Å². The number of nitrogens with one attached hydrogen (secondary N) is 1. The molecule has 2 heterocycles. The van der Waals surface area contributed by atoms with E-state index in [1.807, 2.05) is 0 Å². The lowest BCUT2D eigenvalue weighted by molar-refractivity contribution is -0.349. The zero-order chi connectivity index (χ0) is 28.0. The molecule has 1 amide bonds. The predicted molar refractivity (Wildman–Crippen MR) is 115 cm³/mol. The molecule has 0 aromatic heterocycles. The van der Waals surface area contributed by atoms with E-state index in [0.29, 0.717) is 0 Å². The Hall–Kier alpha value is -1.13. The molecule has 0 spiro atoms. The van der Waals surface area contributed by atoms with Gasteiger partial charge in [-0.1, -0.05) is 0 Å². The third kappa shape index (κ3) is 7.50. The lowest BCUT2D eigenvalue weighted by atomic mass is 9.97. The van der Waals surface area contributed by atoms with Crippen molar-refractivity contribution >= 4 is 5.91 Å². The summed E-state index contributed by atoms with van der Waals surface area (Å²) >= 11 is 0. The van der Waals surface area contributed by atoms with Crippen LogP contribution >= 0.6 is 0 Å². The Balaban J connectivity index is 2.43. The van der Waals surface area contributed by atoms with Gasteiger partial charge in [-0.05, 0) is 0 Å². The highest BCUT2D eigenvalue weighted by Crippen LogP contribution is 2.29. The second kappa shape index (κ2) is 14.3. The van der Waals surface area contributed by atoms with E-state index in [1.165, 1.54) is 0 Å². The molecule has 0 saturated carbocycles. The van der Waals surface area contributed by atoms with Crippen LogP contribution in [0.2, 0.25) is 0 Å². The lowest BCUT2D eigenvalue weighted by Gasteiger charge is -2.45. The molecule has 218 valence electrons. The lowest BCUT2D eigenvalue weighted by Crippen LogP contribution is -2.65. The van der Waals surface area contributed by atoms with Crippen LogP contribution in [0.4, 0.5) is 0 Å². The topological polar surface area (TPSA) is 289 Å². The average Bonchev–Trinajstić information content (AvgIpc) is 2.88. The van der Waals surface area contributed by atoms with Gasteiger partial charge in [0, 0.05) is 6.92 Å². The minimum Gasteiger partial charge on any atom is -0.394 e. The van der Waals surface area contributed by atoms with Crippen LogP contribution in [0.25, 0.3) is 0 Å². The first-order chi connectivity index (χ1) is 17.4. The Kier molecular flexibility index (Phi) is 12.4. The highest BCUT2D eigenvalue weighted by atomic mass is 16.7. The molecule has 12 N–H and O–H groups in total. The van der Waals surface area contributed by atoms with Crippen LogP contribution in [0.5, 0.6) is 0 Å². The number of aliphatic hydroxyl groups excluding tert-OH is 11. The normalized spacial score (nSPS) is 40.0. The summed E-state index contributed by atoms with van der Waals surface area (Å²) in [6, 6.07) is -1.46. The van der Waals surface area contributed by atoms with E-state index in [0.717, 1.165) is 6.92 Å². The van der Waals surface area contributed by atoms with Crippen molar-refractivity contribution in [1.29, 1.82) is 0 Å². The Morgan fingerprint density at radius 1 is 0.730 bits per heavy atom. The molecule has 0 radical (unpaired) electrons. The van der Waals surface area contributed by atoms with E-state index < -0.39 is 118 Å². The first kappa shape index (κ1) is 32.1. The van der Waals surface area contributed by atoms with E-state index in [9.17, 15) is 61.0 Å². The van der Waals surface area contributed by atoms with Gasteiger partial charge in [-0.3, -0.25) is 4.79 Å². The standard InChI is InChI=1S/C20H37NO16/c1-6(26)21-7(2-22)17(36-19-15(32)13(30)11(28)9(4-24)34-19)18(8(27)3-23)37-20-16(33)14(31)12(29)10(5-25)35-20/h7-20,22-25,27-33H,2-5H2,1H3,(H,21,26)/t7-,8+,9+,10-,11-,12+,13-,14+,15+,16-,17+,18+,19-,20-/m0/s1. The maximum atomic E-state index is 11.8. The number of ether oxygens (including phenoxy) is 4. The molecule has 17 heteroatoms. The van der Waals surface area contributed by atoms with Crippen LogP contribution in [0.1, 0.15) is 6.92 Å². The minimum atomic E-state index is -1.95. The van der Waals surface area contributed by atoms with E-state index >= 15 is 0 Å². The smallest absolute Gasteiger partial charge is 0.217 e. The molecule has 2 fully saturated rings. The molecule has 37 heavy (non-hydrogen) atoms. The summed E-state index contributed by atoms with van der Waals surface area (Å²) in [6.07, 6.45) is -23.2. The summed E-state index contributed by atoms with van der Waals surface area (Å²) in [6.45, 7) is -2.45. The molecule has 14 atom stereocenters. The van der Waals surface area contributed by atoms with Gasteiger partial charge in [-0.25, -0.2) is 0 Å². The molecular formula is C20H37NO16. The van der Waals surface area contributed by atoms with Crippen molar-refractivity contribution in [1.82, 2.24) is 5.32 Å². The Morgan fingerprint density at radius 2 is 1.16 bits per heavy atom. The maximum Gasteiger partial charge on any atom is 0.217 e. The number of aliphatic hydroxyl groups is 11. The molecule has 2 rings (SSSR count). The van der Waals surface area contributed by atoms with Crippen LogP contribution < -0.4 is 5.32 Å². The summed E-state index contributed by atoms with van der Waals surface area (Å²) in [4.78, 5) is 11.8. The number of rotatable bonds is 12. The number of carbonyl (C=O) groups excluding carboxylic acids is 1. The fourth-order valence-corrected chi connectivity index (χ4v) is 4.05. The minimum absolute atomic E-state index is 0.702. The van der Waals surface area contributed by atoms with Gasteiger partial charge in [0.2, 0.25) is 5.91 Å².